The van der Waals surface area contributed by atoms with Gasteiger partial charge in [0.15, 0.2) is 0 Å². The highest BCUT2D eigenvalue weighted by atomic mass is 28.2. The van der Waals surface area contributed by atoms with Crippen molar-refractivity contribution in [2.75, 3.05) is 13.2 Å². The minimum atomic E-state index is 0.124. The van der Waals surface area contributed by atoms with E-state index in [2.05, 4.69) is 20.4 Å². The standard InChI is InChI=1S/C12H26O2Si/c1-5-12(6-2,14-15)8-7-9-13-10-11(3)4/h3,5-10H2,1-2,4,15H3. The Kier molecular flexibility index (Phi) is 8.01. The molecule has 2 nitrogen and oxygen atoms in total. The lowest BCUT2D eigenvalue weighted by atomic mass is 9.92. The summed E-state index contributed by atoms with van der Waals surface area (Å²) in [6.07, 6.45) is 4.40. The van der Waals surface area contributed by atoms with Gasteiger partial charge in [-0.3, -0.25) is 0 Å². The Labute approximate surface area is 97.6 Å². The van der Waals surface area contributed by atoms with Gasteiger partial charge < -0.3 is 9.16 Å². The van der Waals surface area contributed by atoms with Crippen LogP contribution >= 0.6 is 0 Å². The van der Waals surface area contributed by atoms with E-state index in [4.69, 9.17) is 9.16 Å². The van der Waals surface area contributed by atoms with Crippen LogP contribution in [0.1, 0.15) is 46.5 Å². The van der Waals surface area contributed by atoms with Gasteiger partial charge in [0.25, 0.3) is 0 Å². The lowest BCUT2D eigenvalue weighted by Gasteiger charge is -2.31. The van der Waals surface area contributed by atoms with E-state index in [1.165, 1.54) is 0 Å². The Morgan fingerprint density at radius 1 is 1.33 bits per heavy atom. The van der Waals surface area contributed by atoms with E-state index in [-0.39, 0.29) is 5.60 Å². The average Bonchev–Trinajstić information content (AvgIpc) is 2.24. The van der Waals surface area contributed by atoms with Gasteiger partial charge in [0.2, 0.25) is 0 Å². The van der Waals surface area contributed by atoms with Crippen LogP contribution in [-0.2, 0) is 9.16 Å². The molecule has 0 N–H and O–H groups in total. The summed E-state index contributed by atoms with van der Waals surface area (Å²) in [7, 11) is 0.827. The van der Waals surface area contributed by atoms with E-state index in [1.807, 2.05) is 6.92 Å². The number of ether oxygens (including phenoxy) is 1. The Bertz CT molecular complexity index is 168. The van der Waals surface area contributed by atoms with Gasteiger partial charge in [0.05, 0.1) is 12.2 Å². The van der Waals surface area contributed by atoms with Crippen molar-refractivity contribution in [3.8, 4) is 0 Å². The SMILES string of the molecule is C=C(C)COCCCC(CC)(CC)O[SiH3]. The number of rotatable bonds is 9. The summed E-state index contributed by atoms with van der Waals surface area (Å²) in [6, 6.07) is 0. The van der Waals surface area contributed by atoms with Crippen LogP contribution < -0.4 is 0 Å². The minimum Gasteiger partial charge on any atom is -0.422 e. The van der Waals surface area contributed by atoms with Crippen molar-refractivity contribution in [1.82, 2.24) is 0 Å². The fourth-order valence-electron chi connectivity index (χ4n) is 1.74. The molecular weight excluding hydrogens is 204 g/mol. The van der Waals surface area contributed by atoms with Gasteiger partial charge in [-0.15, -0.1) is 0 Å². The Balaban J connectivity index is 3.67. The first kappa shape index (κ1) is 14.9. The predicted molar refractivity (Wildman–Crippen MR) is 69.2 cm³/mol. The summed E-state index contributed by atoms with van der Waals surface area (Å²) in [4.78, 5) is 0. The number of hydrogen-bond acceptors (Lipinski definition) is 2. The quantitative estimate of drug-likeness (QED) is 0.343. The largest absolute Gasteiger partial charge is 0.422 e. The van der Waals surface area contributed by atoms with E-state index in [9.17, 15) is 0 Å². The molecule has 0 saturated carbocycles. The average molecular weight is 230 g/mol. The molecule has 0 aromatic heterocycles. The summed E-state index contributed by atoms with van der Waals surface area (Å²) >= 11 is 0. The topological polar surface area (TPSA) is 18.5 Å². The van der Waals surface area contributed by atoms with Gasteiger partial charge in [-0.1, -0.05) is 26.0 Å². The smallest absolute Gasteiger partial charge is 0.146 e. The summed E-state index contributed by atoms with van der Waals surface area (Å²) in [5, 5.41) is 0. The van der Waals surface area contributed by atoms with Crippen molar-refractivity contribution < 1.29 is 9.16 Å². The summed E-state index contributed by atoms with van der Waals surface area (Å²) in [5.41, 5.74) is 1.21. The molecule has 0 aliphatic rings. The molecule has 0 atom stereocenters. The predicted octanol–water partition coefficient (Wildman–Crippen LogP) is 2.22. The van der Waals surface area contributed by atoms with E-state index in [0.29, 0.717) is 6.61 Å². The molecule has 0 spiro atoms. The van der Waals surface area contributed by atoms with Crippen LogP contribution in [0.3, 0.4) is 0 Å². The lowest BCUT2D eigenvalue weighted by Crippen LogP contribution is -2.30. The minimum absolute atomic E-state index is 0.124. The fraction of sp³-hybridized carbons (Fsp3) is 0.833. The second-order valence-corrected chi connectivity index (χ2v) is 4.62. The second kappa shape index (κ2) is 8.08. The highest BCUT2D eigenvalue weighted by molar-refractivity contribution is 5.98. The van der Waals surface area contributed by atoms with Gasteiger partial charge in [-0.05, 0) is 32.6 Å². The van der Waals surface area contributed by atoms with E-state index in [1.54, 1.807) is 0 Å². The van der Waals surface area contributed by atoms with Crippen LogP contribution in [0.4, 0.5) is 0 Å². The van der Waals surface area contributed by atoms with Gasteiger partial charge in [-0.25, -0.2) is 0 Å². The molecule has 0 saturated heterocycles. The Hall–Kier alpha value is -0.123. The Morgan fingerprint density at radius 2 is 1.93 bits per heavy atom. The first-order valence-corrected chi connectivity index (χ1v) is 6.69. The highest BCUT2D eigenvalue weighted by Gasteiger charge is 2.23. The summed E-state index contributed by atoms with van der Waals surface area (Å²) < 4.78 is 11.2. The molecule has 0 rings (SSSR count). The fourth-order valence-corrected chi connectivity index (χ4v) is 2.52. The normalized spacial score (nSPS) is 11.9. The lowest BCUT2D eigenvalue weighted by molar-refractivity contribution is 0.0465. The maximum atomic E-state index is 5.73. The van der Waals surface area contributed by atoms with Crippen molar-refractivity contribution in [3.05, 3.63) is 12.2 Å². The molecule has 0 heterocycles. The van der Waals surface area contributed by atoms with Crippen molar-refractivity contribution in [2.45, 2.75) is 52.1 Å². The molecule has 15 heavy (non-hydrogen) atoms. The molecule has 0 unspecified atom stereocenters. The summed E-state index contributed by atoms with van der Waals surface area (Å²) in [5.74, 6) is 0. The molecule has 0 amide bonds. The third-order valence-corrected chi connectivity index (χ3v) is 3.86. The molecule has 90 valence electrons. The molecule has 0 aromatic carbocycles. The van der Waals surface area contributed by atoms with E-state index < -0.39 is 0 Å². The molecular formula is C12H26O2Si. The van der Waals surface area contributed by atoms with Gasteiger partial charge in [0.1, 0.15) is 10.5 Å². The van der Waals surface area contributed by atoms with Gasteiger partial charge in [0, 0.05) is 6.61 Å². The highest BCUT2D eigenvalue weighted by Crippen LogP contribution is 2.24. The zero-order valence-electron chi connectivity index (χ0n) is 10.8. The van der Waals surface area contributed by atoms with E-state index >= 15 is 0 Å². The summed E-state index contributed by atoms with van der Waals surface area (Å²) in [6.45, 7) is 11.7. The molecule has 0 aromatic rings. The molecule has 0 radical (unpaired) electrons. The zero-order valence-corrected chi connectivity index (χ0v) is 12.8. The maximum Gasteiger partial charge on any atom is 0.146 e. The monoisotopic (exact) mass is 230 g/mol. The molecule has 3 heteroatoms. The van der Waals surface area contributed by atoms with Crippen LogP contribution in [0.15, 0.2) is 12.2 Å². The van der Waals surface area contributed by atoms with Crippen LogP contribution in [-0.4, -0.2) is 29.3 Å². The van der Waals surface area contributed by atoms with Crippen LogP contribution in [0.25, 0.3) is 0 Å². The third-order valence-electron chi connectivity index (χ3n) is 2.99. The van der Waals surface area contributed by atoms with Crippen molar-refractivity contribution >= 4 is 10.5 Å². The van der Waals surface area contributed by atoms with Crippen LogP contribution in [0.5, 0.6) is 0 Å². The Morgan fingerprint density at radius 3 is 2.33 bits per heavy atom. The van der Waals surface area contributed by atoms with Crippen LogP contribution in [0, 0.1) is 0 Å². The number of hydrogen-bond donors (Lipinski definition) is 0. The maximum absolute atomic E-state index is 5.73. The molecule has 0 bridgehead atoms. The zero-order chi connectivity index (χ0) is 11.7. The first-order valence-electron chi connectivity index (χ1n) is 5.87. The molecule has 0 aliphatic heterocycles. The van der Waals surface area contributed by atoms with Crippen molar-refractivity contribution in [2.24, 2.45) is 0 Å². The van der Waals surface area contributed by atoms with Crippen molar-refractivity contribution in [3.63, 3.8) is 0 Å². The third kappa shape index (κ3) is 6.13. The van der Waals surface area contributed by atoms with E-state index in [0.717, 1.165) is 48.3 Å². The van der Waals surface area contributed by atoms with Crippen LogP contribution in [0.2, 0.25) is 0 Å². The first-order chi connectivity index (χ1) is 7.10. The second-order valence-electron chi connectivity index (χ2n) is 4.21. The van der Waals surface area contributed by atoms with Gasteiger partial charge >= 0.3 is 0 Å². The molecule has 0 fully saturated rings. The molecule has 0 aliphatic carbocycles. The van der Waals surface area contributed by atoms with Gasteiger partial charge in [-0.2, -0.15) is 0 Å². The van der Waals surface area contributed by atoms with Crippen molar-refractivity contribution in [1.29, 1.82) is 0 Å².